The van der Waals surface area contributed by atoms with Crippen LogP contribution in [0.1, 0.15) is 31.6 Å². The Balaban J connectivity index is 3.12. The van der Waals surface area contributed by atoms with Gasteiger partial charge in [0.05, 0.1) is 3.79 Å². The van der Waals surface area contributed by atoms with Crippen molar-refractivity contribution in [2.75, 3.05) is 13.1 Å². The summed E-state index contributed by atoms with van der Waals surface area (Å²) in [4.78, 5) is 1.21. The van der Waals surface area contributed by atoms with E-state index in [1.165, 1.54) is 11.3 Å². The third-order valence-corrected chi connectivity index (χ3v) is 6.64. The van der Waals surface area contributed by atoms with E-state index in [9.17, 15) is 8.42 Å². The molecule has 0 saturated heterocycles. The van der Waals surface area contributed by atoms with Crippen LogP contribution < -0.4 is 5.73 Å². The molecule has 4 nitrogen and oxygen atoms in total. The van der Waals surface area contributed by atoms with Crippen LogP contribution in [0.5, 0.6) is 0 Å². The van der Waals surface area contributed by atoms with E-state index in [1.807, 2.05) is 13.8 Å². The van der Waals surface area contributed by atoms with Crippen LogP contribution in [0.2, 0.25) is 0 Å². The zero-order valence-corrected chi connectivity index (χ0v) is 13.9. The lowest BCUT2D eigenvalue weighted by Crippen LogP contribution is -2.32. The molecule has 1 rings (SSSR count). The summed E-state index contributed by atoms with van der Waals surface area (Å²) < 4.78 is 27.2. The van der Waals surface area contributed by atoms with E-state index in [1.54, 1.807) is 10.4 Å². The van der Waals surface area contributed by atoms with Crippen molar-refractivity contribution in [2.24, 2.45) is 5.73 Å². The van der Waals surface area contributed by atoms with Crippen LogP contribution in [-0.2, 0) is 16.6 Å². The van der Waals surface area contributed by atoms with Gasteiger partial charge >= 0.3 is 0 Å². The van der Waals surface area contributed by atoms with Gasteiger partial charge in [-0.15, -0.1) is 11.3 Å². The number of rotatable bonds is 7. The van der Waals surface area contributed by atoms with Crippen molar-refractivity contribution in [3.8, 4) is 0 Å². The highest BCUT2D eigenvalue weighted by Crippen LogP contribution is 2.33. The molecule has 0 spiro atoms. The normalized spacial score (nSPS) is 12.3. The SMILES string of the molecule is CCCN(CCC)S(=O)(=O)c1cc(CN)sc1Br. The quantitative estimate of drug-likeness (QED) is 0.818. The van der Waals surface area contributed by atoms with Gasteiger partial charge in [-0.1, -0.05) is 13.8 Å². The molecule has 0 aliphatic carbocycles. The van der Waals surface area contributed by atoms with Gasteiger partial charge in [0.1, 0.15) is 4.90 Å². The summed E-state index contributed by atoms with van der Waals surface area (Å²) in [6.07, 6.45) is 1.62. The van der Waals surface area contributed by atoms with Crippen LogP contribution in [0.15, 0.2) is 14.7 Å². The Kier molecular flexibility index (Phi) is 6.26. The van der Waals surface area contributed by atoms with Crippen LogP contribution in [-0.4, -0.2) is 25.8 Å². The topological polar surface area (TPSA) is 63.4 Å². The summed E-state index contributed by atoms with van der Waals surface area (Å²) >= 11 is 4.70. The molecule has 18 heavy (non-hydrogen) atoms. The molecule has 0 unspecified atom stereocenters. The van der Waals surface area contributed by atoms with Gasteiger partial charge in [-0.3, -0.25) is 0 Å². The van der Waals surface area contributed by atoms with Crippen LogP contribution >= 0.6 is 27.3 Å². The Hall–Kier alpha value is 0.0500. The van der Waals surface area contributed by atoms with Gasteiger partial charge in [0.15, 0.2) is 0 Å². The molecular weight excluding hydrogens is 336 g/mol. The molecule has 0 amide bonds. The Labute approximate surface area is 121 Å². The second-order valence-electron chi connectivity index (χ2n) is 3.96. The van der Waals surface area contributed by atoms with Gasteiger partial charge in [-0.05, 0) is 34.8 Å². The average Bonchev–Trinajstić information content (AvgIpc) is 2.71. The Morgan fingerprint density at radius 1 is 1.33 bits per heavy atom. The van der Waals surface area contributed by atoms with E-state index in [2.05, 4.69) is 15.9 Å². The fourth-order valence-electron chi connectivity index (χ4n) is 1.66. The summed E-state index contributed by atoms with van der Waals surface area (Å²) in [6.45, 7) is 5.42. The lowest BCUT2D eigenvalue weighted by atomic mass is 10.4. The minimum atomic E-state index is -3.40. The first-order valence-corrected chi connectivity index (χ1v) is 9.00. The Morgan fingerprint density at radius 2 is 1.89 bits per heavy atom. The molecule has 0 radical (unpaired) electrons. The molecule has 0 aliphatic rings. The van der Waals surface area contributed by atoms with Crippen molar-refractivity contribution in [2.45, 2.75) is 38.1 Å². The minimum absolute atomic E-state index is 0.342. The number of halogens is 1. The van der Waals surface area contributed by atoms with Crippen molar-refractivity contribution in [3.05, 3.63) is 14.7 Å². The molecule has 2 N–H and O–H groups in total. The summed E-state index contributed by atoms with van der Waals surface area (Å²) in [5, 5.41) is 0. The van der Waals surface area contributed by atoms with Crippen LogP contribution in [0.3, 0.4) is 0 Å². The molecule has 1 aromatic rings. The maximum absolute atomic E-state index is 12.5. The van der Waals surface area contributed by atoms with E-state index in [4.69, 9.17) is 5.73 Å². The third-order valence-electron chi connectivity index (χ3n) is 2.47. The minimum Gasteiger partial charge on any atom is -0.326 e. The van der Waals surface area contributed by atoms with Gasteiger partial charge in [0.25, 0.3) is 0 Å². The molecular formula is C11H19BrN2O2S2. The number of hydrogen-bond acceptors (Lipinski definition) is 4. The van der Waals surface area contributed by atoms with Crippen molar-refractivity contribution >= 4 is 37.3 Å². The first-order chi connectivity index (χ1) is 8.47. The molecule has 104 valence electrons. The van der Waals surface area contributed by atoms with Crippen molar-refractivity contribution in [1.82, 2.24) is 4.31 Å². The van der Waals surface area contributed by atoms with E-state index in [-0.39, 0.29) is 0 Å². The van der Waals surface area contributed by atoms with Crippen LogP contribution in [0.4, 0.5) is 0 Å². The lowest BCUT2D eigenvalue weighted by molar-refractivity contribution is 0.410. The number of nitrogens with two attached hydrogens (primary N) is 1. The smallest absolute Gasteiger partial charge is 0.245 e. The van der Waals surface area contributed by atoms with Crippen molar-refractivity contribution in [1.29, 1.82) is 0 Å². The standard InChI is InChI=1S/C11H19BrN2O2S2/c1-3-5-14(6-4-2)18(15,16)10-7-9(8-13)17-11(10)12/h7H,3-6,8,13H2,1-2H3. The predicted molar refractivity (Wildman–Crippen MR) is 79.3 cm³/mol. The number of sulfonamides is 1. The Morgan fingerprint density at radius 3 is 2.28 bits per heavy atom. The first-order valence-electron chi connectivity index (χ1n) is 5.95. The summed E-state index contributed by atoms with van der Waals surface area (Å²) in [5.74, 6) is 0. The number of hydrogen-bond donors (Lipinski definition) is 1. The molecule has 0 saturated carbocycles. The molecule has 1 aromatic heterocycles. The molecule has 0 fully saturated rings. The first kappa shape index (κ1) is 16.1. The van der Waals surface area contributed by atoms with Gasteiger partial charge in [0.2, 0.25) is 10.0 Å². The van der Waals surface area contributed by atoms with Crippen molar-refractivity contribution < 1.29 is 8.42 Å². The highest BCUT2D eigenvalue weighted by Gasteiger charge is 2.27. The zero-order chi connectivity index (χ0) is 13.8. The summed E-state index contributed by atoms with van der Waals surface area (Å²) in [5.41, 5.74) is 5.55. The fraction of sp³-hybridized carbons (Fsp3) is 0.636. The third kappa shape index (κ3) is 3.54. The monoisotopic (exact) mass is 354 g/mol. The van der Waals surface area contributed by atoms with E-state index >= 15 is 0 Å². The molecule has 0 aromatic carbocycles. The maximum Gasteiger partial charge on any atom is 0.245 e. The van der Waals surface area contributed by atoms with Crippen LogP contribution in [0, 0.1) is 0 Å². The van der Waals surface area contributed by atoms with Gasteiger partial charge in [-0.2, -0.15) is 4.31 Å². The lowest BCUT2D eigenvalue weighted by Gasteiger charge is -2.20. The largest absolute Gasteiger partial charge is 0.326 e. The average molecular weight is 355 g/mol. The maximum atomic E-state index is 12.5. The molecule has 7 heteroatoms. The number of thiophene rings is 1. The van der Waals surface area contributed by atoms with E-state index < -0.39 is 10.0 Å². The zero-order valence-electron chi connectivity index (χ0n) is 10.6. The van der Waals surface area contributed by atoms with E-state index in [0.717, 1.165) is 17.7 Å². The van der Waals surface area contributed by atoms with E-state index in [0.29, 0.717) is 28.3 Å². The second kappa shape index (κ2) is 7.00. The van der Waals surface area contributed by atoms with Crippen LogP contribution in [0.25, 0.3) is 0 Å². The Bertz CT molecular complexity index is 479. The fourth-order valence-corrected chi connectivity index (χ4v) is 5.80. The highest BCUT2D eigenvalue weighted by molar-refractivity contribution is 9.11. The molecule has 0 aliphatic heterocycles. The highest BCUT2D eigenvalue weighted by atomic mass is 79.9. The van der Waals surface area contributed by atoms with Crippen molar-refractivity contribution in [3.63, 3.8) is 0 Å². The number of nitrogens with zero attached hydrogens (tertiary/aromatic N) is 1. The molecule has 0 atom stereocenters. The summed E-state index contributed by atoms with van der Waals surface area (Å²) in [6, 6.07) is 1.67. The van der Waals surface area contributed by atoms with Gasteiger partial charge in [-0.25, -0.2) is 8.42 Å². The van der Waals surface area contributed by atoms with Gasteiger partial charge < -0.3 is 5.73 Å². The predicted octanol–water partition coefficient (Wildman–Crippen LogP) is 2.78. The van der Waals surface area contributed by atoms with Gasteiger partial charge in [0, 0.05) is 24.5 Å². The second-order valence-corrected chi connectivity index (χ2v) is 8.32. The molecule has 0 bridgehead atoms. The molecule has 1 heterocycles. The summed E-state index contributed by atoms with van der Waals surface area (Å²) in [7, 11) is -3.40.